The van der Waals surface area contributed by atoms with Crippen LogP contribution in [0.25, 0.3) is 0 Å². The van der Waals surface area contributed by atoms with Crippen LogP contribution in [0, 0.1) is 12.3 Å². The Hall–Kier alpha value is -0.430. The van der Waals surface area contributed by atoms with E-state index in [1.165, 1.54) is 23.0 Å². The Morgan fingerprint density at radius 2 is 2.00 bits per heavy atom. The number of halogens is 1. The molecule has 0 unspecified atom stereocenters. The molecule has 16 heavy (non-hydrogen) atoms. The smallest absolute Gasteiger partial charge is 0.157 e. The number of nitrogens with zero attached hydrogens (tertiary/aromatic N) is 1. The summed E-state index contributed by atoms with van der Waals surface area (Å²) in [6.07, 6.45) is 1.89. The van der Waals surface area contributed by atoms with E-state index in [-0.39, 0.29) is 24.0 Å². The Morgan fingerprint density at radius 3 is 2.50 bits per heavy atom. The average molecular weight is 351 g/mol. The minimum atomic E-state index is 0. The van der Waals surface area contributed by atoms with Crippen LogP contribution in [0.3, 0.4) is 0 Å². The molecular weight excluding hydrogens is 333 g/mol. The molecule has 5 heteroatoms. The Labute approximate surface area is 119 Å². The van der Waals surface area contributed by atoms with E-state index in [0.29, 0.717) is 5.17 Å². The standard InChI is InChI=1S/C11H17N3S.HI/c1-8-9(13-11(12)15-4)6-5-7-10(8)14(2)3;/h5-7H,1-4H3,(H2,12,13);1H. The highest BCUT2D eigenvalue weighted by Crippen LogP contribution is 2.25. The third-order valence-corrected chi connectivity index (χ3v) is 2.75. The number of benzene rings is 1. The number of anilines is 2. The van der Waals surface area contributed by atoms with Crippen molar-refractivity contribution >= 4 is 52.3 Å². The maximum Gasteiger partial charge on any atom is 0.157 e. The lowest BCUT2D eigenvalue weighted by molar-refractivity contribution is 1.12. The summed E-state index contributed by atoms with van der Waals surface area (Å²) in [5, 5.41) is 11.1. The average Bonchev–Trinajstić information content (AvgIpc) is 2.20. The lowest BCUT2D eigenvalue weighted by Crippen LogP contribution is -2.12. The molecule has 1 aromatic rings. The number of rotatable bonds is 2. The lowest BCUT2D eigenvalue weighted by Gasteiger charge is -2.18. The highest BCUT2D eigenvalue weighted by atomic mass is 127. The molecule has 0 spiro atoms. The molecule has 90 valence electrons. The van der Waals surface area contributed by atoms with Gasteiger partial charge in [0, 0.05) is 25.5 Å². The number of amidine groups is 1. The van der Waals surface area contributed by atoms with E-state index in [2.05, 4.69) is 23.2 Å². The van der Waals surface area contributed by atoms with Gasteiger partial charge < -0.3 is 10.2 Å². The van der Waals surface area contributed by atoms with Crippen LogP contribution in [0.2, 0.25) is 0 Å². The third-order valence-electron chi connectivity index (χ3n) is 2.24. The van der Waals surface area contributed by atoms with E-state index in [0.717, 1.165) is 5.69 Å². The Kier molecular flexibility index (Phi) is 6.82. The molecule has 2 N–H and O–H groups in total. The fourth-order valence-corrected chi connectivity index (χ4v) is 1.63. The molecule has 0 aromatic heterocycles. The van der Waals surface area contributed by atoms with Crippen molar-refractivity contribution in [3.8, 4) is 0 Å². The van der Waals surface area contributed by atoms with Gasteiger partial charge in [-0.15, -0.1) is 24.0 Å². The first-order valence-electron chi connectivity index (χ1n) is 4.72. The fraction of sp³-hybridized carbons (Fsp3) is 0.364. The zero-order chi connectivity index (χ0) is 11.4. The van der Waals surface area contributed by atoms with Crippen LogP contribution in [0.5, 0.6) is 0 Å². The molecule has 0 bridgehead atoms. The first kappa shape index (κ1) is 15.6. The zero-order valence-electron chi connectivity index (χ0n) is 10.00. The van der Waals surface area contributed by atoms with Crippen LogP contribution in [-0.4, -0.2) is 25.5 Å². The number of thioether (sulfide) groups is 1. The normalized spacial score (nSPS) is 9.25. The van der Waals surface area contributed by atoms with Gasteiger partial charge in [-0.1, -0.05) is 17.8 Å². The predicted molar refractivity (Wildman–Crippen MR) is 85.8 cm³/mol. The highest BCUT2D eigenvalue weighted by molar-refractivity contribution is 14.0. The minimum absolute atomic E-state index is 0. The van der Waals surface area contributed by atoms with E-state index >= 15 is 0 Å². The van der Waals surface area contributed by atoms with Crippen molar-refractivity contribution in [2.24, 2.45) is 0 Å². The predicted octanol–water partition coefficient (Wildman–Crippen LogP) is 3.39. The minimum Gasteiger partial charge on any atom is -0.377 e. The van der Waals surface area contributed by atoms with Crippen LogP contribution in [0.1, 0.15) is 5.56 Å². The van der Waals surface area contributed by atoms with Crippen molar-refractivity contribution in [1.29, 1.82) is 5.41 Å². The van der Waals surface area contributed by atoms with Crippen molar-refractivity contribution in [3.63, 3.8) is 0 Å². The molecule has 1 rings (SSSR count). The molecule has 0 atom stereocenters. The van der Waals surface area contributed by atoms with Crippen LogP contribution >= 0.6 is 35.7 Å². The first-order chi connectivity index (χ1) is 7.06. The summed E-state index contributed by atoms with van der Waals surface area (Å²) in [6, 6.07) is 6.06. The van der Waals surface area contributed by atoms with E-state index in [1.54, 1.807) is 0 Å². The molecule has 0 fully saturated rings. The van der Waals surface area contributed by atoms with Crippen LogP contribution in [-0.2, 0) is 0 Å². The van der Waals surface area contributed by atoms with Gasteiger partial charge in [0.2, 0.25) is 0 Å². The van der Waals surface area contributed by atoms with Gasteiger partial charge in [0.1, 0.15) is 0 Å². The van der Waals surface area contributed by atoms with Gasteiger partial charge in [-0.2, -0.15) is 0 Å². The van der Waals surface area contributed by atoms with E-state index < -0.39 is 0 Å². The number of nitrogens with one attached hydrogen (secondary N) is 2. The van der Waals surface area contributed by atoms with Crippen molar-refractivity contribution in [3.05, 3.63) is 23.8 Å². The monoisotopic (exact) mass is 351 g/mol. The molecule has 0 amide bonds. The summed E-state index contributed by atoms with van der Waals surface area (Å²) < 4.78 is 0. The van der Waals surface area contributed by atoms with E-state index in [9.17, 15) is 0 Å². The van der Waals surface area contributed by atoms with Crippen LogP contribution in [0.15, 0.2) is 18.2 Å². The summed E-state index contributed by atoms with van der Waals surface area (Å²) >= 11 is 1.40. The molecule has 0 aliphatic rings. The fourth-order valence-electron chi connectivity index (χ4n) is 1.42. The second kappa shape index (κ2) is 7.01. The maximum atomic E-state index is 7.59. The first-order valence-corrected chi connectivity index (χ1v) is 5.95. The van der Waals surface area contributed by atoms with Gasteiger partial charge in [-0.25, -0.2) is 0 Å². The summed E-state index contributed by atoms with van der Waals surface area (Å²) in [5.74, 6) is 0. The SMILES string of the molecule is CSC(=N)Nc1cccc(N(C)C)c1C.I. The van der Waals surface area contributed by atoms with Crippen molar-refractivity contribution in [2.75, 3.05) is 30.6 Å². The van der Waals surface area contributed by atoms with Gasteiger partial charge >= 0.3 is 0 Å². The molecule has 0 saturated heterocycles. The number of hydrogen-bond acceptors (Lipinski definition) is 3. The van der Waals surface area contributed by atoms with E-state index in [4.69, 9.17) is 5.41 Å². The molecule has 0 heterocycles. The molecule has 1 aromatic carbocycles. The quantitative estimate of drug-likeness (QED) is 0.487. The van der Waals surface area contributed by atoms with Gasteiger partial charge in [0.05, 0.1) is 0 Å². The van der Waals surface area contributed by atoms with Gasteiger partial charge in [0.15, 0.2) is 5.17 Å². The van der Waals surface area contributed by atoms with Crippen LogP contribution < -0.4 is 10.2 Å². The second-order valence-corrected chi connectivity index (χ2v) is 4.32. The number of hydrogen-bond donors (Lipinski definition) is 2. The second-order valence-electron chi connectivity index (χ2n) is 3.50. The Balaban J connectivity index is 0.00000225. The Bertz CT molecular complexity index is 366. The van der Waals surface area contributed by atoms with Crippen molar-refractivity contribution in [2.45, 2.75) is 6.92 Å². The molecule has 3 nitrogen and oxygen atoms in total. The van der Waals surface area contributed by atoms with Gasteiger partial charge in [0.25, 0.3) is 0 Å². The van der Waals surface area contributed by atoms with E-state index in [1.807, 2.05) is 32.5 Å². The van der Waals surface area contributed by atoms with Crippen molar-refractivity contribution < 1.29 is 0 Å². The summed E-state index contributed by atoms with van der Waals surface area (Å²) in [6.45, 7) is 2.06. The summed E-state index contributed by atoms with van der Waals surface area (Å²) in [5.41, 5.74) is 3.34. The maximum absolute atomic E-state index is 7.59. The Morgan fingerprint density at radius 1 is 1.38 bits per heavy atom. The summed E-state index contributed by atoms with van der Waals surface area (Å²) in [4.78, 5) is 2.07. The molecular formula is C11H18IN3S. The molecule has 0 radical (unpaired) electrons. The molecule has 0 aliphatic heterocycles. The molecule has 0 aliphatic carbocycles. The largest absolute Gasteiger partial charge is 0.377 e. The molecule has 0 saturated carbocycles. The zero-order valence-corrected chi connectivity index (χ0v) is 13.1. The van der Waals surface area contributed by atoms with Crippen molar-refractivity contribution in [1.82, 2.24) is 0 Å². The third kappa shape index (κ3) is 3.86. The summed E-state index contributed by atoms with van der Waals surface area (Å²) in [7, 11) is 4.04. The topological polar surface area (TPSA) is 39.1 Å². The van der Waals surface area contributed by atoms with Gasteiger partial charge in [-0.3, -0.25) is 5.41 Å². The van der Waals surface area contributed by atoms with Crippen LogP contribution in [0.4, 0.5) is 11.4 Å². The van der Waals surface area contributed by atoms with Gasteiger partial charge in [-0.05, 0) is 30.9 Å². The lowest BCUT2D eigenvalue weighted by atomic mass is 10.1. The highest BCUT2D eigenvalue weighted by Gasteiger charge is 2.05.